The van der Waals surface area contributed by atoms with Crippen molar-refractivity contribution in [2.75, 3.05) is 13.1 Å². The summed E-state index contributed by atoms with van der Waals surface area (Å²) in [6.45, 7) is 4.54. The molecule has 136 valence electrons. The van der Waals surface area contributed by atoms with E-state index in [0.717, 1.165) is 51.1 Å². The third-order valence-electron chi connectivity index (χ3n) is 5.11. The third-order valence-corrected chi connectivity index (χ3v) is 5.11. The molecule has 2 aromatic heterocycles. The van der Waals surface area contributed by atoms with E-state index in [1.807, 2.05) is 24.2 Å². The van der Waals surface area contributed by atoms with Gasteiger partial charge in [-0.25, -0.2) is 9.78 Å². The normalized spacial score (nSPS) is 17.7. The molecule has 1 fully saturated rings. The fourth-order valence-corrected chi connectivity index (χ4v) is 3.65. The number of piperidine rings is 1. The standard InChI is InChI=1S/C19H29N5O/c1-16-20-11-15-23(16)13-6-4-10-21-19(25)24-14-5-3-8-18(24)17-9-7-12-22(17)2/h7,9,11-12,15,18H,3-6,8,10,13-14H2,1-2H3,(H,21,25). The zero-order valence-corrected chi connectivity index (χ0v) is 15.3. The van der Waals surface area contributed by atoms with Gasteiger partial charge in [0.05, 0.1) is 6.04 Å². The number of hydrogen-bond acceptors (Lipinski definition) is 2. The Morgan fingerprint density at radius 3 is 2.92 bits per heavy atom. The summed E-state index contributed by atoms with van der Waals surface area (Å²) in [5.41, 5.74) is 1.23. The summed E-state index contributed by atoms with van der Waals surface area (Å²) in [6, 6.07) is 4.45. The van der Waals surface area contributed by atoms with Gasteiger partial charge in [-0.3, -0.25) is 0 Å². The summed E-state index contributed by atoms with van der Waals surface area (Å²) in [6.07, 6.45) is 11.2. The van der Waals surface area contributed by atoms with Crippen molar-refractivity contribution in [1.82, 2.24) is 24.3 Å². The van der Waals surface area contributed by atoms with E-state index in [9.17, 15) is 4.79 Å². The Morgan fingerprint density at radius 1 is 1.32 bits per heavy atom. The molecule has 1 N–H and O–H groups in total. The van der Waals surface area contributed by atoms with Crippen LogP contribution in [0.25, 0.3) is 0 Å². The van der Waals surface area contributed by atoms with Gasteiger partial charge >= 0.3 is 6.03 Å². The molecule has 3 heterocycles. The Balaban J connectivity index is 1.46. The quantitative estimate of drug-likeness (QED) is 0.819. The molecule has 0 radical (unpaired) electrons. The lowest BCUT2D eigenvalue weighted by atomic mass is 10.00. The number of amides is 2. The van der Waals surface area contributed by atoms with Gasteiger partial charge in [-0.2, -0.15) is 0 Å². The molecule has 2 aromatic rings. The monoisotopic (exact) mass is 343 g/mol. The van der Waals surface area contributed by atoms with Gasteiger partial charge in [0, 0.05) is 51.0 Å². The Bertz CT molecular complexity index is 690. The molecule has 6 heteroatoms. The first-order chi connectivity index (χ1) is 12.2. The van der Waals surface area contributed by atoms with E-state index in [1.54, 1.807) is 0 Å². The first-order valence-electron chi connectivity index (χ1n) is 9.30. The molecule has 6 nitrogen and oxygen atoms in total. The van der Waals surface area contributed by atoms with Crippen LogP contribution in [0, 0.1) is 6.92 Å². The summed E-state index contributed by atoms with van der Waals surface area (Å²) >= 11 is 0. The van der Waals surface area contributed by atoms with Crippen LogP contribution in [-0.4, -0.2) is 38.1 Å². The summed E-state index contributed by atoms with van der Waals surface area (Å²) < 4.78 is 4.28. The van der Waals surface area contributed by atoms with Gasteiger partial charge in [0.25, 0.3) is 0 Å². The van der Waals surface area contributed by atoms with Crippen molar-refractivity contribution in [3.63, 3.8) is 0 Å². The van der Waals surface area contributed by atoms with Crippen LogP contribution >= 0.6 is 0 Å². The number of hydrogen-bond donors (Lipinski definition) is 1. The van der Waals surface area contributed by atoms with Gasteiger partial charge in [-0.1, -0.05) is 0 Å². The van der Waals surface area contributed by atoms with Gasteiger partial charge in [-0.15, -0.1) is 0 Å². The van der Waals surface area contributed by atoms with E-state index < -0.39 is 0 Å². The van der Waals surface area contributed by atoms with Gasteiger partial charge in [-0.05, 0) is 51.2 Å². The number of rotatable bonds is 6. The van der Waals surface area contributed by atoms with Gasteiger partial charge in [0.1, 0.15) is 5.82 Å². The fourth-order valence-electron chi connectivity index (χ4n) is 3.65. The highest BCUT2D eigenvalue weighted by Crippen LogP contribution is 2.30. The van der Waals surface area contributed by atoms with Crippen molar-refractivity contribution in [3.8, 4) is 0 Å². The number of likely N-dealkylation sites (tertiary alicyclic amines) is 1. The second-order valence-electron chi connectivity index (χ2n) is 6.86. The highest BCUT2D eigenvalue weighted by molar-refractivity contribution is 5.74. The van der Waals surface area contributed by atoms with Crippen molar-refractivity contribution in [3.05, 3.63) is 42.2 Å². The van der Waals surface area contributed by atoms with Gasteiger partial charge < -0.3 is 19.4 Å². The van der Waals surface area contributed by atoms with E-state index >= 15 is 0 Å². The van der Waals surface area contributed by atoms with Crippen molar-refractivity contribution >= 4 is 6.03 Å². The van der Waals surface area contributed by atoms with Crippen LogP contribution < -0.4 is 5.32 Å². The molecule has 1 unspecified atom stereocenters. The molecule has 3 rings (SSSR count). The minimum Gasteiger partial charge on any atom is -0.353 e. The number of urea groups is 1. The number of aryl methyl sites for hydroxylation is 3. The second-order valence-corrected chi connectivity index (χ2v) is 6.86. The molecule has 25 heavy (non-hydrogen) atoms. The van der Waals surface area contributed by atoms with E-state index in [2.05, 4.69) is 44.8 Å². The van der Waals surface area contributed by atoms with Crippen molar-refractivity contribution in [2.24, 2.45) is 7.05 Å². The molecule has 0 aromatic carbocycles. The average molecular weight is 343 g/mol. The summed E-state index contributed by atoms with van der Waals surface area (Å²) in [7, 11) is 2.05. The van der Waals surface area contributed by atoms with E-state index in [0.29, 0.717) is 0 Å². The number of carbonyl (C=O) groups excluding carboxylic acids is 1. The van der Waals surface area contributed by atoms with Crippen LogP contribution in [0.4, 0.5) is 4.79 Å². The van der Waals surface area contributed by atoms with E-state index in [1.165, 1.54) is 12.1 Å². The summed E-state index contributed by atoms with van der Waals surface area (Å²) in [4.78, 5) is 18.9. The van der Waals surface area contributed by atoms with Gasteiger partial charge in [0.15, 0.2) is 0 Å². The number of unbranched alkanes of at least 4 members (excludes halogenated alkanes) is 1. The maximum absolute atomic E-state index is 12.7. The Labute approximate surface area is 149 Å². The highest BCUT2D eigenvalue weighted by Gasteiger charge is 2.29. The number of imidazole rings is 1. The zero-order chi connectivity index (χ0) is 17.6. The number of aromatic nitrogens is 3. The average Bonchev–Trinajstić information content (AvgIpc) is 3.23. The number of carbonyl (C=O) groups is 1. The maximum atomic E-state index is 12.7. The minimum absolute atomic E-state index is 0.0738. The predicted molar refractivity (Wildman–Crippen MR) is 98.3 cm³/mol. The van der Waals surface area contributed by atoms with Crippen LogP contribution in [0.15, 0.2) is 30.7 Å². The topological polar surface area (TPSA) is 55.1 Å². The number of nitrogens with zero attached hydrogens (tertiary/aromatic N) is 4. The highest BCUT2D eigenvalue weighted by atomic mass is 16.2. The second kappa shape index (κ2) is 8.23. The van der Waals surface area contributed by atoms with Crippen LogP contribution in [0.1, 0.15) is 49.7 Å². The van der Waals surface area contributed by atoms with Crippen molar-refractivity contribution < 1.29 is 4.79 Å². The zero-order valence-electron chi connectivity index (χ0n) is 15.3. The van der Waals surface area contributed by atoms with Crippen molar-refractivity contribution in [1.29, 1.82) is 0 Å². The Kier molecular flexibility index (Phi) is 5.79. The van der Waals surface area contributed by atoms with Crippen LogP contribution in [0.5, 0.6) is 0 Å². The van der Waals surface area contributed by atoms with E-state index in [4.69, 9.17) is 0 Å². The van der Waals surface area contributed by atoms with Crippen LogP contribution in [0.2, 0.25) is 0 Å². The molecule has 2 amide bonds. The molecule has 1 saturated heterocycles. The molecular formula is C19H29N5O. The molecule has 0 bridgehead atoms. The summed E-state index contributed by atoms with van der Waals surface area (Å²) in [5.74, 6) is 1.04. The molecular weight excluding hydrogens is 314 g/mol. The lowest BCUT2D eigenvalue weighted by Crippen LogP contribution is -2.45. The fraction of sp³-hybridized carbons (Fsp3) is 0.579. The molecule has 0 spiro atoms. The van der Waals surface area contributed by atoms with Crippen LogP contribution in [0.3, 0.4) is 0 Å². The Hall–Kier alpha value is -2.24. The van der Waals surface area contributed by atoms with Crippen molar-refractivity contribution in [2.45, 2.75) is 51.6 Å². The molecule has 1 atom stereocenters. The lowest BCUT2D eigenvalue weighted by molar-refractivity contribution is 0.148. The molecule has 1 aliphatic rings. The van der Waals surface area contributed by atoms with E-state index in [-0.39, 0.29) is 12.1 Å². The molecule has 0 aliphatic carbocycles. The van der Waals surface area contributed by atoms with Crippen LogP contribution in [-0.2, 0) is 13.6 Å². The number of nitrogens with one attached hydrogen (secondary N) is 1. The lowest BCUT2D eigenvalue weighted by Gasteiger charge is -2.36. The third kappa shape index (κ3) is 4.24. The minimum atomic E-state index is 0.0738. The maximum Gasteiger partial charge on any atom is 0.317 e. The molecule has 1 aliphatic heterocycles. The predicted octanol–water partition coefficient (Wildman–Crippen LogP) is 3.25. The summed E-state index contributed by atoms with van der Waals surface area (Å²) in [5, 5.41) is 3.11. The first kappa shape index (κ1) is 17.6. The SMILES string of the molecule is Cc1nccn1CCCCNC(=O)N1CCCCC1c1cccn1C. The largest absolute Gasteiger partial charge is 0.353 e. The smallest absolute Gasteiger partial charge is 0.317 e. The van der Waals surface area contributed by atoms with Gasteiger partial charge in [0.2, 0.25) is 0 Å². The Morgan fingerprint density at radius 2 is 2.20 bits per heavy atom. The first-order valence-corrected chi connectivity index (χ1v) is 9.30. The molecule has 0 saturated carbocycles.